The number of carbonyl (C=O) groups is 1. The van der Waals surface area contributed by atoms with Crippen LogP contribution in [0.25, 0.3) is 33.5 Å². The molecule has 2 N–H and O–H groups in total. The number of aromatic nitrogens is 3. The van der Waals surface area contributed by atoms with E-state index in [9.17, 15) is 23.1 Å². The number of H-pyrrole nitrogens is 1. The number of halogens is 4. The fourth-order valence-electron chi connectivity index (χ4n) is 5.54. The van der Waals surface area contributed by atoms with Gasteiger partial charge < -0.3 is 14.8 Å². The van der Waals surface area contributed by atoms with Crippen LogP contribution < -0.4 is 4.74 Å². The molecule has 1 aliphatic carbocycles. The van der Waals surface area contributed by atoms with Crippen LogP contribution in [0.3, 0.4) is 0 Å². The topological polar surface area (TPSA) is 101 Å². The SMILES string of the molecule is O=C(O)[C@H]1CC[C@H](Oc2nc3nc(-c4ccc(-c5ccc(CN6CC(OC(F)(F)F)C6)cc5)cc4)c(Cl)cc3[nH]2)CC1. The second kappa shape index (κ2) is 11.5. The lowest BCUT2D eigenvalue weighted by Gasteiger charge is -2.39. The van der Waals surface area contributed by atoms with Gasteiger partial charge in [-0.2, -0.15) is 4.98 Å². The number of hydrogen-bond donors (Lipinski definition) is 2. The average molecular weight is 601 g/mol. The molecule has 0 bridgehead atoms. The number of imidazole rings is 1. The highest BCUT2D eigenvalue weighted by Crippen LogP contribution is 2.33. The maximum atomic E-state index is 12.3. The molecule has 0 atom stereocenters. The highest BCUT2D eigenvalue weighted by molar-refractivity contribution is 6.33. The van der Waals surface area contributed by atoms with Crippen molar-refractivity contribution in [3.63, 3.8) is 0 Å². The van der Waals surface area contributed by atoms with Crippen molar-refractivity contribution in [3.05, 3.63) is 65.2 Å². The molecule has 220 valence electrons. The van der Waals surface area contributed by atoms with E-state index in [0.717, 1.165) is 22.3 Å². The predicted octanol–water partition coefficient (Wildman–Crippen LogP) is 6.69. The summed E-state index contributed by atoms with van der Waals surface area (Å²) in [4.78, 5) is 25.4. The molecule has 2 aliphatic rings. The number of rotatable bonds is 8. The molecule has 0 spiro atoms. The number of aromatic amines is 1. The summed E-state index contributed by atoms with van der Waals surface area (Å²) >= 11 is 6.58. The highest BCUT2D eigenvalue weighted by Gasteiger charge is 2.39. The Labute approximate surface area is 244 Å². The largest absolute Gasteiger partial charge is 0.522 e. The van der Waals surface area contributed by atoms with E-state index >= 15 is 0 Å². The van der Waals surface area contributed by atoms with Crippen LogP contribution in [0.5, 0.6) is 6.01 Å². The lowest BCUT2D eigenvalue weighted by Crippen LogP contribution is -2.53. The fraction of sp³-hybridized carbons (Fsp3) is 0.367. The van der Waals surface area contributed by atoms with E-state index in [2.05, 4.69) is 19.7 Å². The molecule has 1 saturated carbocycles. The van der Waals surface area contributed by atoms with Crippen LogP contribution in [0.1, 0.15) is 31.2 Å². The number of nitrogens with zero attached hydrogens (tertiary/aromatic N) is 3. The first-order chi connectivity index (χ1) is 20.1. The monoisotopic (exact) mass is 600 g/mol. The molecule has 8 nitrogen and oxygen atoms in total. The van der Waals surface area contributed by atoms with Gasteiger partial charge >= 0.3 is 12.3 Å². The molecule has 2 aromatic carbocycles. The highest BCUT2D eigenvalue weighted by atomic mass is 35.5. The lowest BCUT2D eigenvalue weighted by molar-refractivity contribution is -0.355. The second-order valence-electron chi connectivity index (χ2n) is 10.8. The fourth-order valence-corrected chi connectivity index (χ4v) is 5.80. The van der Waals surface area contributed by atoms with Crippen LogP contribution in [0.4, 0.5) is 13.2 Å². The Hall–Kier alpha value is -3.67. The molecule has 1 saturated heterocycles. The molecule has 4 aromatic rings. The van der Waals surface area contributed by atoms with Gasteiger partial charge in [0.1, 0.15) is 6.10 Å². The zero-order chi connectivity index (χ0) is 29.4. The first kappa shape index (κ1) is 28.4. The first-order valence-corrected chi connectivity index (χ1v) is 14.1. The Morgan fingerprint density at radius 2 is 1.57 bits per heavy atom. The molecule has 0 amide bonds. The molecular weight excluding hydrogens is 573 g/mol. The molecule has 12 heteroatoms. The Bertz CT molecular complexity index is 1560. The van der Waals surface area contributed by atoms with Gasteiger partial charge in [-0.1, -0.05) is 60.1 Å². The number of likely N-dealkylation sites (tertiary alicyclic amines) is 1. The smallest absolute Gasteiger partial charge is 0.481 e. The summed E-state index contributed by atoms with van der Waals surface area (Å²) in [5, 5.41) is 9.66. The number of ether oxygens (including phenoxy) is 2. The van der Waals surface area contributed by atoms with Crippen molar-refractivity contribution in [2.45, 2.75) is 50.8 Å². The Morgan fingerprint density at radius 1 is 0.952 bits per heavy atom. The van der Waals surface area contributed by atoms with Gasteiger partial charge in [0.25, 0.3) is 6.01 Å². The number of carboxylic acid groups (broad SMARTS) is 1. The molecule has 0 radical (unpaired) electrons. The van der Waals surface area contributed by atoms with Gasteiger partial charge in [0.15, 0.2) is 5.65 Å². The van der Waals surface area contributed by atoms with Gasteiger partial charge in [-0.05, 0) is 48.4 Å². The van der Waals surface area contributed by atoms with Gasteiger partial charge in [0.05, 0.1) is 28.3 Å². The van der Waals surface area contributed by atoms with E-state index in [0.29, 0.717) is 60.1 Å². The van der Waals surface area contributed by atoms with Gasteiger partial charge in [0, 0.05) is 25.2 Å². The minimum Gasteiger partial charge on any atom is -0.481 e. The summed E-state index contributed by atoms with van der Waals surface area (Å²) in [5.41, 5.74) is 5.56. The summed E-state index contributed by atoms with van der Waals surface area (Å²) in [6.45, 7) is 1.08. The van der Waals surface area contributed by atoms with Crippen LogP contribution in [0.2, 0.25) is 5.02 Å². The van der Waals surface area contributed by atoms with E-state index < -0.39 is 18.4 Å². The molecular formula is C30H28ClF3N4O4. The van der Waals surface area contributed by atoms with E-state index in [1.54, 1.807) is 6.07 Å². The predicted molar refractivity (Wildman–Crippen MR) is 150 cm³/mol. The summed E-state index contributed by atoms with van der Waals surface area (Å²) < 4.78 is 47.0. The number of nitrogens with one attached hydrogen (secondary N) is 1. The maximum Gasteiger partial charge on any atom is 0.522 e. The number of aliphatic carboxylic acids is 1. The first-order valence-electron chi connectivity index (χ1n) is 13.7. The molecule has 6 rings (SSSR count). The van der Waals surface area contributed by atoms with Crippen LogP contribution >= 0.6 is 11.6 Å². The Morgan fingerprint density at radius 3 is 2.19 bits per heavy atom. The van der Waals surface area contributed by atoms with E-state index in [1.807, 2.05) is 53.4 Å². The number of pyridine rings is 1. The molecule has 1 aliphatic heterocycles. The zero-order valence-electron chi connectivity index (χ0n) is 22.4. The molecule has 2 fully saturated rings. The standard InChI is InChI=1S/C30H28ClF3N4O4/c31-24-13-25-27(37-29(35-25)41-22-11-9-21(10-12-22)28(39)40)36-26(24)20-7-5-19(6-8-20)18-3-1-17(2-4-18)14-38-15-23(16-38)42-30(32,33)34/h1-8,13,21-23H,9-12,14-16H2,(H,39,40)(H,35,36,37)/t21-,22-. The quantitative estimate of drug-likeness (QED) is 0.232. The zero-order valence-corrected chi connectivity index (χ0v) is 23.2. The third kappa shape index (κ3) is 6.53. The minimum absolute atomic E-state index is 0.0985. The van der Waals surface area contributed by atoms with E-state index in [4.69, 9.17) is 16.3 Å². The van der Waals surface area contributed by atoms with Gasteiger partial charge in [-0.3, -0.25) is 14.4 Å². The van der Waals surface area contributed by atoms with Crippen LogP contribution in [-0.2, 0) is 16.1 Å². The van der Waals surface area contributed by atoms with E-state index in [-0.39, 0.29) is 25.1 Å². The summed E-state index contributed by atoms with van der Waals surface area (Å²) in [6, 6.07) is 17.9. The van der Waals surface area contributed by atoms with Crippen LogP contribution in [0, 0.1) is 5.92 Å². The lowest BCUT2D eigenvalue weighted by atomic mass is 9.87. The number of benzene rings is 2. The van der Waals surface area contributed by atoms with Crippen LogP contribution in [0.15, 0.2) is 54.6 Å². The van der Waals surface area contributed by atoms with Gasteiger partial charge in [-0.15, -0.1) is 13.2 Å². The number of fused-ring (bicyclic) bond motifs is 1. The van der Waals surface area contributed by atoms with Crippen molar-refractivity contribution in [2.24, 2.45) is 5.92 Å². The van der Waals surface area contributed by atoms with Gasteiger partial charge in [0.2, 0.25) is 0 Å². The Kier molecular flexibility index (Phi) is 7.82. The normalized spacial score (nSPS) is 20.0. The van der Waals surface area contributed by atoms with Gasteiger partial charge in [-0.25, -0.2) is 4.98 Å². The third-order valence-electron chi connectivity index (χ3n) is 7.78. The van der Waals surface area contributed by atoms with Crippen molar-refractivity contribution in [2.75, 3.05) is 13.1 Å². The van der Waals surface area contributed by atoms with Crippen molar-refractivity contribution < 1.29 is 32.5 Å². The van der Waals surface area contributed by atoms with Crippen molar-refractivity contribution >= 4 is 28.7 Å². The second-order valence-corrected chi connectivity index (χ2v) is 11.2. The summed E-state index contributed by atoms with van der Waals surface area (Å²) in [5.74, 6) is -1.07. The molecule has 42 heavy (non-hydrogen) atoms. The van der Waals surface area contributed by atoms with Crippen molar-refractivity contribution in [1.29, 1.82) is 0 Å². The average Bonchev–Trinajstić information content (AvgIpc) is 3.32. The van der Waals surface area contributed by atoms with Crippen molar-refractivity contribution in [3.8, 4) is 28.4 Å². The van der Waals surface area contributed by atoms with E-state index in [1.165, 1.54) is 0 Å². The third-order valence-corrected chi connectivity index (χ3v) is 8.07. The molecule has 2 aromatic heterocycles. The minimum atomic E-state index is -4.59. The maximum absolute atomic E-state index is 12.3. The summed E-state index contributed by atoms with van der Waals surface area (Å²) in [6.07, 6.45) is -3.02. The van der Waals surface area contributed by atoms with Crippen molar-refractivity contribution in [1.82, 2.24) is 19.9 Å². The molecule has 0 unspecified atom stereocenters. The number of carboxylic acids is 1. The summed E-state index contributed by atoms with van der Waals surface area (Å²) in [7, 11) is 0. The molecule has 3 heterocycles. The number of alkyl halides is 3. The Balaban J connectivity index is 1.08. The van der Waals surface area contributed by atoms with Crippen LogP contribution in [-0.4, -0.2) is 62.6 Å². The number of hydrogen-bond acceptors (Lipinski definition) is 6.